The van der Waals surface area contributed by atoms with Crippen LogP contribution in [0.4, 0.5) is 0 Å². The lowest BCUT2D eigenvalue weighted by Gasteiger charge is -2.34. The molecule has 2 aliphatic rings. The molecule has 0 bridgehead atoms. The molecule has 0 aromatic carbocycles. The summed E-state index contributed by atoms with van der Waals surface area (Å²) in [6.07, 6.45) is 3.56. The Morgan fingerprint density at radius 3 is 2.87 bits per heavy atom. The van der Waals surface area contributed by atoms with Crippen molar-refractivity contribution in [2.45, 2.75) is 31.8 Å². The lowest BCUT2D eigenvalue weighted by atomic mass is 9.96. The molecule has 2 N–H and O–H groups in total. The highest BCUT2D eigenvalue weighted by molar-refractivity contribution is 5.79. The van der Waals surface area contributed by atoms with Crippen LogP contribution in [0.25, 0.3) is 0 Å². The number of nitrogens with zero attached hydrogens (tertiary/aromatic N) is 1. The van der Waals surface area contributed by atoms with Gasteiger partial charge in [0.15, 0.2) is 0 Å². The van der Waals surface area contributed by atoms with Crippen LogP contribution < -0.4 is 5.32 Å². The Labute approximate surface area is 90.6 Å². The summed E-state index contributed by atoms with van der Waals surface area (Å²) in [5, 5.41) is 12.8. The smallest absolute Gasteiger partial charge is 0.227 e. The first kappa shape index (κ1) is 10.9. The van der Waals surface area contributed by atoms with Crippen molar-refractivity contribution in [2.24, 2.45) is 5.92 Å². The number of likely N-dealkylation sites (tertiary alicyclic amines) is 1. The zero-order valence-corrected chi connectivity index (χ0v) is 9.11. The molecule has 2 heterocycles. The minimum Gasteiger partial charge on any atom is -0.391 e. The van der Waals surface area contributed by atoms with E-state index in [1.165, 1.54) is 0 Å². The van der Waals surface area contributed by atoms with Crippen molar-refractivity contribution in [1.29, 1.82) is 0 Å². The molecule has 0 aliphatic carbocycles. The lowest BCUT2D eigenvalue weighted by molar-refractivity contribution is -0.139. The lowest BCUT2D eigenvalue weighted by Crippen LogP contribution is -2.48. The predicted octanol–water partition coefficient (Wildman–Crippen LogP) is -0.0307. The molecule has 2 atom stereocenters. The van der Waals surface area contributed by atoms with Gasteiger partial charge in [-0.25, -0.2) is 0 Å². The molecule has 1 unspecified atom stereocenters. The Kier molecular flexibility index (Phi) is 3.59. The number of nitrogens with one attached hydrogen (secondary N) is 1. The van der Waals surface area contributed by atoms with E-state index in [1.54, 1.807) is 0 Å². The molecule has 4 nitrogen and oxygen atoms in total. The fourth-order valence-electron chi connectivity index (χ4n) is 2.48. The van der Waals surface area contributed by atoms with Crippen LogP contribution in [-0.4, -0.2) is 48.2 Å². The average molecular weight is 212 g/mol. The molecule has 2 aliphatic heterocycles. The van der Waals surface area contributed by atoms with Gasteiger partial charge in [0.1, 0.15) is 0 Å². The summed E-state index contributed by atoms with van der Waals surface area (Å²) in [6, 6.07) is 0. The Balaban J connectivity index is 1.88. The summed E-state index contributed by atoms with van der Waals surface area (Å²) in [5.74, 6) is 0.380. The normalized spacial score (nSPS) is 32.7. The Morgan fingerprint density at radius 1 is 1.33 bits per heavy atom. The van der Waals surface area contributed by atoms with Gasteiger partial charge in [-0.3, -0.25) is 4.79 Å². The first-order valence-corrected chi connectivity index (χ1v) is 5.95. The van der Waals surface area contributed by atoms with Gasteiger partial charge in [-0.2, -0.15) is 0 Å². The van der Waals surface area contributed by atoms with E-state index in [4.69, 9.17) is 0 Å². The molecule has 0 spiro atoms. The van der Waals surface area contributed by atoms with Gasteiger partial charge in [0.25, 0.3) is 0 Å². The van der Waals surface area contributed by atoms with Gasteiger partial charge in [-0.05, 0) is 32.2 Å². The topological polar surface area (TPSA) is 52.6 Å². The molecular formula is C11H20N2O2. The van der Waals surface area contributed by atoms with E-state index in [2.05, 4.69) is 5.32 Å². The van der Waals surface area contributed by atoms with Crippen molar-refractivity contribution < 1.29 is 9.90 Å². The number of piperidine rings is 2. The molecule has 4 heteroatoms. The summed E-state index contributed by atoms with van der Waals surface area (Å²) >= 11 is 0. The molecule has 2 rings (SSSR count). The van der Waals surface area contributed by atoms with Gasteiger partial charge in [-0.15, -0.1) is 0 Å². The minimum absolute atomic E-state index is 0.143. The van der Waals surface area contributed by atoms with Crippen LogP contribution in [0.1, 0.15) is 25.7 Å². The number of β-amino-alcohol motifs (C(OH)–C–C–N with tert-alkyl or cyclic N) is 1. The number of carbonyl (C=O) groups is 1. The second kappa shape index (κ2) is 4.94. The highest BCUT2D eigenvalue weighted by atomic mass is 16.3. The van der Waals surface area contributed by atoms with Gasteiger partial charge in [0.05, 0.1) is 12.0 Å². The standard InChI is InChI=1S/C11H20N2O2/c14-10-4-2-6-13(8-10)11(15)9-3-1-5-12-7-9/h9-10,12,14H,1-8H2/t9-,10?/m0/s1. The summed E-state index contributed by atoms with van der Waals surface area (Å²) in [7, 11) is 0. The van der Waals surface area contributed by atoms with Crippen LogP contribution >= 0.6 is 0 Å². The van der Waals surface area contributed by atoms with Crippen LogP contribution in [-0.2, 0) is 4.79 Å². The molecule has 86 valence electrons. The molecule has 0 aromatic heterocycles. The summed E-state index contributed by atoms with van der Waals surface area (Å²) in [6.45, 7) is 3.21. The zero-order valence-electron chi connectivity index (χ0n) is 9.11. The molecule has 0 saturated carbocycles. The van der Waals surface area contributed by atoms with Gasteiger partial charge in [-0.1, -0.05) is 0 Å². The maximum Gasteiger partial charge on any atom is 0.227 e. The molecule has 2 saturated heterocycles. The molecule has 0 aromatic rings. The summed E-state index contributed by atoms with van der Waals surface area (Å²) in [4.78, 5) is 13.9. The van der Waals surface area contributed by atoms with E-state index in [0.717, 1.165) is 45.3 Å². The molecule has 15 heavy (non-hydrogen) atoms. The highest BCUT2D eigenvalue weighted by Gasteiger charge is 2.28. The monoisotopic (exact) mass is 212 g/mol. The number of aliphatic hydroxyl groups is 1. The number of amides is 1. The third-order valence-corrected chi connectivity index (χ3v) is 3.35. The zero-order chi connectivity index (χ0) is 10.7. The summed E-state index contributed by atoms with van der Waals surface area (Å²) in [5.41, 5.74) is 0. The number of hydrogen-bond acceptors (Lipinski definition) is 3. The van der Waals surface area contributed by atoms with Crippen molar-refractivity contribution in [2.75, 3.05) is 26.2 Å². The fraction of sp³-hybridized carbons (Fsp3) is 0.909. The van der Waals surface area contributed by atoms with E-state index in [1.807, 2.05) is 4.90 Å². The molecule has 0 radical (unpaired) electrons. The maximum absolute atomic E-state index is 12.1. The first-order chi connectivity index (χ1) is 7.27. The van der Waals surface area contributed by atoms with Crippen LogP contribution in [0, 0.1) is 5.92 Å². The van der Waals surface area contributed by atoms with Crippen LogP contribution in [0.5, 0.6) is 0 Å². The van der Waals surface area contributed by atoms with Crippen molar-refractivity contribution in [3.05, 3.63) is 0 Å². The third kappa shape index (κ3) is 2.69. The van der Waals surface area contributed by atoms with Crippen molar-refractivity contribution in [1.82, 2.24) is 10.2 Å². The number of rotatable bonds is 1. The maximum atomic E-state index is 12.1. The van der Waals surface area contributed by atoms with Crippen LogP contribution in [0.3, 0.4) is 0 Å². The van der Waals surface area contributed by atoms with E-state index in [0.29, 0.717) is 6.54 Å². The van der Waals surface area contributed by atoms with Gasteiger partial charge in [0, 0.05) is 19.6 Å². The number of aliphatic hydroxyl groups excluding tert-OH is 1. The Morgan fingerprint density at radius 2 is 2.20 bits per heavy atom. The van der Waals surface area contributed by atoms with Gasteiger partial charge in [0.2, 0.25) is 5.91 Å². The SMILES string of the molecule is O=C([C@H]1CCCNC1)N1CCCC(O)C1. The van der Waals surface area contributed by atoms with E-state index < -0.39 is 0 Å². The Bertz CT molecular complexity index is 227. The largest absolute Gasteiger partial charge is 0.391 e. The second-order valence-electron chi connectivity index (χ2n) is 4.62. The van der Waals surface area contributed by atoms with Gasteiger partial charge < -0.3 is 15.3 Å². The van der Waals surface area contributed by atoms with Crippen molar-refractivity contribution in [3.63, 3.8) is 0 Å². The predicted molar refractivity (Wildman–Crippen MR) is 57.4 cm³/mol. The van der Waals surface area contributed by atoms with E-state index >= 15 is 0 Å². The van der Waals surface area contributed by atoms with Crippen molar-refractivity contribution in [3.8, 4) is 0 Å². The minimum atomic E-state index is -0.306. The molecule has 1 amide bonds. The molecule has 2 fully saturated rings. The quantitative estimate of drug-likeness (QED) is 0.642. The van der Waals surface area contributed by atoms with Crippen LogP contribution in [0.15, 0.2) is 0 Å². The number of carbonyl (C=O) groups excluding carboxylic acids is 1. The second-order valence-corrected chi connectivity index (χ2v) is 4.62. The summed E-state index contributed by atoms with van der Waals surface area (Å²) < 4.78 is 0. The highest BCUT2D eigenvalue weighted by Crippen LogP contribution is 2.17. The van der Waals surface area contributed by atoms with Gasteiger partial charge >= 0.3 is 0 Å². The third-order valence-electron chi connectivity index (χ3n) is 3.35. The van der Waals surface area contributed by atoms with Crippen molar-refractivity contribution >= 4 is 5.91 Å². The Hall–Kier alpha value is -0.610. The van der Waals surface area contributed by atoms with E-state index in [9.17, 15) is 9.90 Å². The number of hydrogen-bond donors (Lipinski definition) is 2. The fourth-order valence-corrected chi connectivity index (χ4v) is 2.48. The van der Waals surface area contributed by atoms with E-state index in [-0.39, 0.29) is 17.9 Å². The average Bonchev–Trinajstić information content (AvgIpc) is 2.29. The van der Waals surface area contributed by atoms with Crippen LogP contribution in [0.2, 0.25) is 0 Å². The first-order valence-electron chi connectivity index (χ1n) is 5.95. The molecular weight excluding hydrogens is 192 g/mol.